The Bertz CT molecular complexity index is 3410. The fourth-order valence-electron chi connectivity index (χ4n) is 9.23. The van der Waals surface area contributed by atoms with Gasteiger partial charge in [0.15, 0.2) is 0 Å². The van der Waals surface area contributed by atoms with Crippen LogP contribution in [0.2, 0.25) is 0 Å². The van der Waals surface area contributed by atoms with Gasteiger partial charge >= 0.3 is 0 Å². The second-order valence-electron chi connectivity index (χ2n) is 13.9. The molecule has 0 saturated heterocycles. The van der Waals surface area contributed by atoms with E-state index in [2.05, 4.69) is 170 Å². The first-order valence-electron chi connectivity index (χ1n) is 17.7. The van der Waals surface area contributed by atoms with Gasteiger partial charge in [0.1, 0.15) is 0 Å². The Morgan fingerprint density at radius 1 is 0.255 bits per heavy atom. The van der Waals surface area contributed by atoms with Gasteiger partial charge in [-0.3, -0.25) is 0 Å². The van der Waals surface area contributed by atoms with Crippen LogP contribution >= 0.6 is 11.3 Å². The second kappa shape index (κ2) is 10.1. The van der Waals surface area contributed by atoms with E-state index in [1.807, 2.05) is 11.3 Å². The van der Waals surface area contributed by atoms with Crippen molar-refractivity contribution >= 4 is 107 Å². The minimum Gasteiger partial charge on any atom is -0.135 e. The molecular weight excluding hydrogens is 633 g/mol. The van der Waals surface area contributed by atoms with Crippen LogP contribution in [0, 0.1) is 0 Å². The topological polar surface area (TPSA) is 0 Å². The van der Waals surface area contributed by atoms with Crippen molar-refractivity contribution in [3.05, 3.63) is 170 Å². The van der Waals surface area contributed by atoms with Gasteiger partial charge in [0, 0.05) is 25.6 Å². The zero-order valence-electron chi connectivity index (χ0n) is 27.6. The number of benzene rings is 11. The molecule has 1 heteroatoms. The van der Waals surface area contributed by atoms with Crippen molar-refractivity contribution in [3.8, 4) is 22.3 Å². The summed E-state index contributed by atoms with van der Waals surface area (Å²) in [5, 5.41) is 21.1. The normalized spacial score (nSPS) is 12.3. The summed E-state index contributed by atoms with van der Waals surface area (Å²) in [6, 6.07) is 63.6. The predicted molar refractivity (Wildman–Crippen MR) is 224 cm³/mol. The molecule has 11 aromatic carbocycles. The summed E-state index contributed by atoms with van der Waals surface area (Å²) in [6.07, 6.45) is 0. The lowest BCUT2D eigenvalue weighted by Gasteiger charge is -2.19. The van der Waals surface area contributed by atoms with Crippen LogP contribution in [-0.2, 0) is 0 Å². The Morgan fingerprint density at radius 3 is 1.55 bits per heavy atom. The first kappa shape index (κ1) is 27.5. The van der Waals surface area contributed by atoms with Crippen LogP contribution in [0.5, 0.6) is 0 Å². The van der Waals surface area contributed by atoms with E-state index in [9.17, 15) is 0 Å². The van der Waals surface area contributed by atoms with Crippen LogP contribution in [0.1, 0.15) is 0 Å². The maximum absolute atomic E-state index is 2.49. The van der Waals surface area contributed by atoms with E-state index in [0.29, 0.717) is 0 Å². The first-order valence-corrected chi connectivity index (χ1v) is 18.5. The maximum atomic E-state index is 2.49. The fourth-order valence-corrected chi connectivity index (χ4v) is 10.5. The van der Waals surface area contributed by atoms with Crippen molar-refractivity contribution in [1.82, 2.24) is 0 Å². The van der Waals surface area contributed by atoms with E-state index in [0.717, 1.165) is 0 Å². The Balaban J connectivity index is 1.23. The van der Waals surface area contributed by atoms with Crippen molar-refractivity contribution in [2.24, 2.45) is 0 Å². The highest BCUT2D eigenvalue weighted by Gasteiger charge is 2.21. The van der Waals surface area contributed by atoms with Gasteiger partial charge in [0.25, 0.3) is 0 Å². The SMILES string of the molecule is c1ccc2c(-c3cc4c5ccccc5c(-c5cc6cccc7c8c9ccccc9sc8c8cccc5c8c67)cc4c4ccccc34)cccc2c1. The van der Waals surface area contributed by atoms with Crippen molar-refractivity contribution < 1.29 is 0 Å². The summed E-state index contributed by atoms with van der Waals surface area (Å²) >= 11 is 1.93. The Labute approximate surface area is 297 Å². The third-order valence-electron chi connectivity index (χ3n) is 11.4. The minimum absolute atomic E-state index is 1.26. The molecule has 0 aliphatic heterocycles. The molecule has 12 aromatic rings. The number of rotatable bonds is 2. The first-order chi connectivity index (χ1) is 25.3. The highest BCUT2D eigenvalue weighted by molar-refractivity contribution is 7.27. The average molecular weight is 661 g/mol. The van der Waals surface area contributed by atoms with Crippen LogP contribution in [-0.4, -0.2) is 0 Å². The van der Waals surface area contributed by atoms with E-state index >= 15 is 0 Å². The molecule has 0 aliphatic rings. The van der Waals surface area contributed by atoms with Crippen LogP contribution in [0.15, 0.2) is 170 Å². The summed E-state index contributed by atoms with van der Waals surface area (Å²) in [4.78, 5) is 0. The molecular formula is C50H28S. The summed E-state index contributed by atoms with van der Waals surface area (Å²) < 4.78 is 2.73. The van der Waals surface area contributed by atoms with Crippen molar-refractivity contribution in [2.75, 3.05) is 0 Å². The molecule has 0 spiro atoms. The van der Waals surface area contributed by atoms with Crippen molar-refractivity contribution in [3.63, 3.8) is 0 Å². The molecule has 0 atom stereocenters. The number of hydrogen-bond acceptors (Lipinski definition) is 1. The molecule has 1 aromatic heterocycles. The molecule has 0 aliphatic carbocycles. The molecule has 51 heavy (non-hydrogen) atoms. The van der Waals surface area contributed by atoms with E-state index in [-0.39, 0.29) is 0 Å². The van der Waals surface area contributed by atoms with Gasteiger partial charge in [0.05, 0.1) is 0 Å². The second-order valence-corrected chi connectivity index (χ2v) is 15.0. The third-order valence-corrected chi connectivity index (χ3v) is 12.6. The van der Waals surface area contributed by atoms with E-state index in [1.54, 1.807) is 0 Å². The zero-order chi connectivity index (χ0) is 33.2. The van der Waals surface area contributed by atoms with Crippen LogP contribution < -0.4 is 0 Å². The molecule has 0 N–H and O–H groups in total. The molecule has 0 amide bonds. The quantitative estimate of drug-likeness (QED) is 0.162. The molecule has 0 radical (unpaired) electrons. The molecule has 0 nitrogen and oxygen atoms in total. The van der Waals surface area contributed by atoms with E-state index in [1.165, 1.54) is 118 Å². The Kier molecular flexibility index (Phi) is 5.47. The monoisotopic (exact) mass is 660 g/mol. The largest absolute Gasteiger partial charge is 0.135 e. The number of thiophene rings is 1. The zero-order valence-corrected chi connectivity index (χ0v) is 28.4. The van der Waals surface area contributed by atoms with Gasteiger partial charge in [-0.2, -0.15) is 0 Å². The lowest BCUT2D eigenvalue weighted by Crippen LogP contribution is -1.92. The van der Waals surface area contributed by atoms with Gasteiger partial charge in [0.2, 0.25) is 0 Å². The van der Waals surface area contributed by atoms with Crippen molar-refractivity contribution in [2.45, 2.75) is 0 Å². The van der Waals surface area contributed by atoms with Crippen LogP contribution in [0.3, 0.4) is 0 Å². The summed E-state index contributed by atoms with van der Waals surface area (Å²) in [7, 11) is 0. The highest BCUT2D eigenvalue weighted by Crippen LogP contribution is 2.50. The highest BCUT2D eigenvalue weighted by atomic mass is 32.1. The van der Waals surface area contributed by atoms with E-state index < -0.39 is 0 Å². The third kappa shape index (κ3) is 3.68. The molecule has 12 rings (SSSR count). The van der Waals surface area contributed by atoms with Gasteiger partial charge in [-0.1, -0.05) is 146 Å². The lowest BCUT2D eigenvalue weighted by atomic mass is 9.84. The van der Waals surface area contributed by atoms with Gasteiger partial charge < -0.3 is 0 Å². The summed E-state index contributed by atoms with van der Waals surface area (Å²) in [5.74, 6) is 0. The molecule has 234 valence electrons. The van der Waals surface area contributed by atoms with E-state index in [4.69, 9.17) is 0 Å². The Hall–Kier alpha value is -6.28. The molecule has 0 unspecified atom stereocenters. The maximum Gasteiger partial charge on any atom is 0.0440 e. The standard InChI is InChI=1S/C50H28S/c1-2-15-31-29(12-1)13-9-21-32(31)42-27-44-36-19-6-5-18-35(36)43(28-45(44)34-17-4-3-16-33(34)42)41-26-30-14-10-23-39-47(30)48-37(41)22-11-24-40(48)50-49(39)38-20-7-8-25-46(38)51-50/h1-28H. The predicted octanol–water partition coefficient (Wildman–Crippen LogP) is 14.9. The summed E-state index contributed by atoms with van der Waals surface area (Å²) in [5.41, 5.74) is 5.13. The molecule has 1 heterocycles. The van der Waals surface area contributed by atoms with Crippen LogP contribution in [0.25, 0.3) is 118 Å². The fraction of sp³-hybridized carbons (Fsp3) is 0. The number of hydrogen-bond donors (Lipinski definition) is 0. The number of fused-ring (bicyclic) bond motifs is 11. The van der Waals surface area contributed by atoms with Gasteiger partial charge in [-0.25, -0.2) is 0 Å². The van der Waals surface area contributed by atoms with Crippen molar-refractivity contribution in [1.29, 1.82) is 0 Å². The lowest BCUT2D eigenvalue weighted by molar-refractivity contribution is 1.70. The Morgan fingerprint density at radius 2 is 0.765 bits per heavy atom. The molecule has 0 bridgehead atoms. The molecule has 0 fully saturated rings. The molecule has 0 saturated carbocycles. The van der Waals surface area contributed by atoms with Gasteiger partial charge in [-0.15, -0.1) is 11.3 Å². The minimum atomic E-state index is 1.26. The smallest absolute Gasteiger partial charge is 0.0440 e. The van der Waals surface area contributed by atoms with Crippen LogP contribution in [0.4, 0.5) is 0 Å². The summed E-state index contributed by atoms with van der Waals surface area (Å²) in [6.45, 7) is 0. The average Bonchev–Trinajstić information content (AvgIpc) is 3.60. The van der Waals surface area contributed by atoms with Gasteiger partial charge in [-0.05, 0) is 117 Å².